The van der Waals surface area contributed by atoms with Gasteiger partial charge in [0.1, 0.15) is 17.5 Å². The van der Waals surface area contributed by atoms with Crippen molar-refractivity contribution in [3.8, 4) is 0 Å². The topological polar surface area (TPSA) is 55.4 Å². The minimum atomic E-state index is -0.891. The third-order valence-corrected chi connectivity index (χ3v) is 4.53. The molecule has 3 rings (SSSR count). The van der Waals surface area contributed by atoms with Gasteiger partial charge < -0.3 is 10.1 Å². The summed E-state index contributed by atoms with van der Waals surface area (Å²) >= 11 is 0. The molecule has 0 aliphatic heterocycles. The number of halogens is 3. The molecule has 0 saturated heterocycles. The minimum Gasteiger partial charge on any atom is -0.455 e. The van der Waals surface area contributed by atoms with Crippen LogP contribution in [0.5, 0.6) is 0 Å². The molecule has 0 unspecified atom stereocenters. The van der Waals surface area contributed by atoms with E-state index in [1.165, 1.54) is 24.3 Å². The Morgan fingerprint density at radius 1 is 1.00 bits per heavy atom. The van der Waals surface area contributed by atoms with Crippen molar-refractivity contribution < 1.29 is 27.5 Å². The van der Waals surface area contributed by atoms with E-state index in [0.29, 0.717) is 18.4 Å². The highest BCUT2D eigenvalue weighted by molar-refractivity contribution is 5.94. The summed E-state index contributed by atoms with van der Waals surface area (Å²) in [6, 6.07) is 8.23. The van der Waals surface area contributed by atoms with Crippen molar-refractivity contribution >= 4 is 17.6 Å². The van der Waals surface area contributed by atoms with Crippen molar-refractivity contribution in [2.45, 2.75) is 24.7 Å². The number of nitrogens with one attached hydrogen (secondary N) is 1. The molecule has 1 aliphatic carbocycles. The van der Waals surface area contributed by atoms with Crippen LogP contribution in [0, 0.1) is 17.5 Å². The van der Waals surface area contributed by atoms with Crippen molar-refractivity contribution in [3.63, 3.8) is 0 Å². The maximum Gasteiger partial charge on any atom is 0.317 e. The van der Waals surface area contributed by atoms with Gasteiger partial charge in [-0.25, -0.2) is 13.2 Å². The number of carbonyl (C=O) groups is 2. The van der Waals surface area contributed by atoms with Gasteiger partial charge in [0, 0.05) is 6.07 Å². The molecule has 1 N–H and O–H groups in total. The molecule has 0 spiro atoms. The highest BCUT2D eigenvalue weighted by Crippen LogP contribution is 2.44. The lowest BCUT2D eigenvalue weighted by Crippen LogP contribution is -2.44. The first-order chi connectivity index (χ1) is 12.4. The van der Waals surface area contributed by atoms with Crippen molar-refractivity contribution in [2.75, 3.05) is 11.9 Å². The minimum absolute atomic E-state index is 0.331. The monoisotopic (exact) mass is 363 g/mol. The Balaban J connectivity index is 1.63. The third-order valence-electron chi connectivity index (χ3n) is 4.53. The number of hydrogen-bond donors (Lipinski definition) is 1. The molecule has 136 valence electrons. The normalized spacial score (nSPS) is 15.0. The third kappa shape index (κ3) is 3.56. The molecule has 4 nitrogen and oxygen atoms in total. The lowest BCUT2D eigenvalue weighted by molar-refractivity contribution is -0.156. The van der Waals surface area contributed by atoms with Gasteiger partial charge in [-0.1, -0.05) is 18.6 Å². The fourth-order valence-corrected chi connectivity index (χ4v) is 2.96. The van der Waals surface area contributed by atoms with Gasteiger partial charge in [-0.2, -0.15) is 0 Å². The maximum atomic E-state index is 13.5. The average molecular weight is 363 g/mol. The van der Waals surface area contributed by atoms with Crippen LogP contribution in [0.25, 0.3) is 0 Å². The molecule has 2 aromatic carbocycles. The second kappa shape index (κ2) is 7.19. The van der Waals surface area contributed by atoms with E-state index < -0.39 is 41.4 Å². The van der Waals surface area contributed by atoms with E-state index in [1.54, 1.807) is 0 Å². The molecule has 2 aromatic rings. The summed E-state index contributed by atoms with van der Waals surface area (Å²) in [4.78, 5) is 24.3. The van der Waals surface area contributed by atoms with Gasteiger partial charge in [0.15, 0.2) is 6.61 Å². The van der Waals surface area contributed by atoms with Gasteiger partial charge in [-0.3, -0.25) is 9.59 Å². The Hall–Kier alpha value is -2.83. The summed E-state index contributed by atoms with van der Waals surface area (Å²) in [6.45, 7) is -0.627. The Bertz CT molecular complexity index is 832. The number of amides is 1. The van der Waals surface area contributed by atoms with Crippen LogP contribution in [0.15, 0.2) is 42.5 Å². The summed E-state index contributed by atoms with van der Waals surface area (Å²) in [5.41, 5.74) is -0.590. The molecule has 1 aliphatic rings. The molecular formula is C19H16F3NO3. The smallest absolute Gasteiger partial charge is 0.317 e. The highest BCUT2D eigenvalue weighted by Gasteiger charge is 2.47. The first kappa shape index (κ1) is 18.0. The number of rotatable bonds is 5. The van der Waals surface area contributed by atoms with Gasteiger partial charge in [-0.15, -0.1) is 0 Å². The van der Waals surface area contributed by atoms with E-state index in [2.05, 4.69) is 5.32 Å². The van der Waals surface area contributed by atoms with E-state index in [4.69, 9.17) is 4.74 Å². The lowest BCUT2D eigenvalue weighted by atomic mass is 9.64. The molecule has 0 aromatic heterocycles. The molecule has 0 heterocycles. The van der Waals surface area contributed by atoms with Gasteiger partial charge in [0.05, 0.1) is 11.1 Å². The summed E-state index contributed by atoms with van der Waals surface area (Å²) in [6.07, 6.45) is 1.89. The van der Waals surface area contributed by atoms with Gasteiger partial charge in [0.25, 0.3) is 5.91 Å². The Labute approximate surface area is 148 Å². The van der Waals surface area contributed by atoms with Gasteiger partial charge in [0.2, 0.25) is 0 Å². The Morgan fingerprint density at radius 2 is 1.65 bits per heavy atom. The van der Waals surface area contributed by atoms with Gasteiger partial charge >= 0.3 is 5.97 Å². The number of ether oxygens (including phenoxy) is 1. The van der Waals surface area contributed by atoms with Crippen molar-refractivity contribution in [3.05, 3.63) is 65.5 Å². The van der Waals surface area contributed by atoms with Crippen LogP contribution < -0.4 is 5.32 Å². The van der Waals surface area contributed by atoms with E-state index in [1.807, 2.05) is 0 Å². The molecule has 1 fully saturated rings. The molecule has 0 atom stereocenters. The molecular weight excluding hydrogens is 347 g/mol. The SMILES string of the molecule is O=C(COC(=O)C1(c2ccc(F)cc2)CCC1)Nc1cc(F)ccc1F. The molecule has 26 heavy (non-hydrogen) atoms. The van der Waals surface area contributed by atoms with E-state index in [-0.39, 0.29) is 5.69 Å². The van der Waals surface area contributed by atoms with Crippen LogP contribution in [-0.2, 0) is 19.7 Å². The first-order valence-electron chi connectivity index (χ1n) is 8.09. The second-order valence-corrected chi connectivity index (χ2v) is 6.19. The molecule has 0 radical (unpaired) electrons. The van der Waals surface area contributed by atoms with Crippen molar-refractivity contribution in [2.24, 2.45) is 0 Å². The maximum absolute atomic E-state index is 13.5. The molecule has 0 bridgehead atoms. The quantitative estimate of drug-likeness (QED) is 0.824. The van der Waals surface area contributed by atoms with Crippen molar-refractivity contribution in [1.29, 1.82) is 0 Å². The van der Waals surface area contributed by atoms with E-state index in [0.717, 1.165) is 24.6 Å². The van der Waals surface area contributed by atoms with E-state index >= 15 is 0 Å². The van der Waals surface area contributed by atoms with Crippen molar-refractivity contribution in [1.82, 2.24) is 0 Å². The predicted octanol–water partition coefficient (Wildman–Crippen LogP) is 3.71. The summed E-state index contributed by atoms with van der Waals surface area (Å²) in [5.74, 6) is -3.29. The largest absolute Gasteiger partial charge is 0.455 e. The first-order valence-corrected chi connectivity index (χ1v) is 8.09. The number of esters is 1. The molecule has 7 heteroatoms. The summed E-state index contributed by atoms with van der Waals surface area (Å²) in [7, 11) is 0. The van der Waals surface area contributed by atoms with Crippen LogP contribution in [-0.4, -0.2) is 18.5 Å². The molecule has 1 saturated carbocycles. The average Bonchev–Trinajstić information content (AvgIpc) is 2.57. The van der Waals surface area contributed by atoms with Crippen LogP contribution in [0.2, 0.25) is 0 Å². The zero-order valence-electron chi connectivity index (χ0n) is 13.7. The highest BCUT2D eigenvalue weighted by atomic mass is 19.1. The number of carbonyl (C=O) groups excluding carboxylic acids is 2. The summed E-state index contributed by atoms with van der Waals surface area (Å²) in [5, 5.41) is 2.16. The zero-order valence-corrected chi connectivity index (χ0v) is 13.7. The standard InChI is InChI=1S/C19H16F3NO3/c20-13-4-2-12(3-5-13)19(8-1-9-19)18(25)26-11-17(24)23-16-10-14(21)6-7-15(16)22/h2-7,10H,1,8-9,11H2,(H,23,24). The Kier molecular flexibility index (Phi) is 4.97. The van der Waals surface area contributed by atoms with Crippen LogP contribution >= 0.6 is 0 Å². The summed E-state index contributed by atoms with van der Waals surface area (Å²) < 4.78 is 44.8. The van der Waals surface area contributed by atoms with Crippen LogP contribution in [0.3, 0.4) is 0 Å². The van der Waals surface area contributed by atoms with E-state index in [9.17, 15) is 22.8 Å². The number of hydrogen-bond acceptors (Lipinski definition) is 3. The number of benzene rings is 2. The Morgan fingerprint density at radius 3 is 2.27 bits per heavy atom. The lowest BCUT2D eigenvalue weighted by Gasteiger charge is -2.39. The fourth-order valence-electron chi connectivity index (χ4n) is 2.96. The second-order valence-electron chi connectivity index (χ2n) is 6.19. The number of anilines is 1. The van der Waals surface area contributed by atoms with Gasteiger partial charge in [-0.05, 0) is 42.7 Å². The predicted molar refractivity (Wildman–Crippen MR) is 87.9 cm³/mol. The zero-order chi connectivity index (χ0) is 18.7. The van der Waals surface area contributed by atoms with Crippen LogP contribution in [0.4, 0.5) is 18.9 Å². The van der Waals surface area contributed by atoms with Crippen LogP contribution in [0.1, 0.15) is 24.8 Å². The fraction of sp³-hybridized carbons (Fsp3) is 0.263. The molecule has 1 amide bonds.